The van der Waals surface area contributed by atoms with Crippen LogP contribution in [-0.2, 0) is 11.3 Å². The maximum atomic E-state index is 12.3. The molecular weight excluding hydrogens is 264 g/mol. The highest BCUT2D eigenvalue weighted by atomic mass is 32.1. The van der Waals surface area contributed by atoms with E-state index in [2.05, 4.69) is 4.98 Å². The molecule has 1 saturated heterocycles. The third-order valence-corrected chi connectivity index (χ3v) is 4.29. The zero-order valence-electron chi connectivity index (χ0n) is 11.3. The lowest BCUT2D eigenvalue weighted by molar-refractivity contribution is 0.0462. The predicted molar refractivity (Wildman–Crippen MR) is 73.1 cm³/mol. The summed E-state index contributed by atoms with van der Waals surface area (Å²) in [5.74, 6) is 0.138. The highest BCUT2D eigenvalue weighted by molar-refractivity contribution is 7.09. The van der Waals surface area contributed by atoms with Gasteiger partial charge in [-0.15, -0.1) is 11.3 Å². The Hall–Kier alpha value is -0.980. The molecule has 0 bridgehead atoms. The molecule has 106 valence electrons. The normalized spacial score (nSPS) is 21.4. The van der Waals surface area contributed by atoms with Crippen LogP contribution in [0.25, 0.3) is 0 Å². The molecule has 1 aromatic heterocycles. The number of aromatic nitrogens is 1. The molecule has 2 heterocycles. The first kappa shape index (κ1) is 14.4. The number of thiazole rings is 1. The van der Waals surface area contributed by atoms with E-state index in [-0.39, 0.29) is 17.9 Å². The van der Waals surface area contributed by atoms with Gasteiger partial charge >= 0.3 is 0 Å². The highest BCUT2D eigenvalue weighted by Crippen LogP contribution is 2.22. The van der Waals surface area contributed by atoms with E-state index in [9.17, 15) is 9.90 Å². The van der Waals surface area contributed by atoms with Crippen molar-refractivity contribution in [3.63, 3.8) is 0 Å². The van der Waals surface area contributed by atoms with E-state index in [0.717, 1.165) is 24.4 Å². The molecule has 1 aromatic rings. The molecule has 0 aliphatic carbocycles. The summed E-state index contributed by atoms with van der Waals surface area (Å²) in [6.45, 7) is 3.60. The smallest absolute Gasteiger partial charge is 0.273 e. The molecule has 1 N–H and O–H groups in total. The van der Waals surface area contributed by atoms with Crippen LogP contribution in [0.15, 0.2) is 5.38 Å². The fourth-order valence-corrected chi connectivity index (χ4v) is 3.09. The van der Waals surface area contributed by atoms with E-state index in [4.69, 9.17) is 4.74 Å². The first-order valence-electron chi connectivity index (χ1n) is 6.52. The molecule has 2 atom stereocenters. The molecule has 6 heteroatoms. The Bertz CT molecular complexity index is 433. The number of amides is 1. The van der Waals surface area contributed by atoms with E-state index in [1.54, 1.807) is 24.3 Å². The van der Waals surface area contributed by atoms with Crippen LogP contribution in [0.3, 0.4) is 0 Å². The summed E-state index contributed by atoms with van der Waals surface area (Å²) in [5, 5.41) is 12.2. The molecule has 2 unspecified atom stereocenters. The zero-order chi connectivity index (χ0) is 13.8. The van der Waals surface area contributed by atoms with E-state index >= 15 is 0 Å². The average molecular weight is 284 g/mol. The third-order valence-electron chi connectivity index (χ3n) is 3.47. The van der Waals surface area contributed by atoms with E-state index < -0.39 is 0 Å². The maximum absolute atomic E-state index is 12.3. The molecule has 2 rings (SSSR count). The molecule has 1 aliphatic heterocycles. The van der Waals surface area contributed by atoms with Gasteiger partial charge in [-0.25, -0.2) is 4.98 Å². The predicted octanol–water partition coefficient (Wildman–Crippen LogP) is 1.52. The summed E-state index contributed by atoms with van der Waals surface area (Å²) in [5.41, 5.74) is 0.489. The number of ether oxygens (including phenoxy) is 1. The Morgan fingerprint density at radius 3 is 3.21 bits per heavy atom. The minimum atomic E-state index is -0.366. The summed E-state index contributed by atoms with van der Waals surface area (Å²) in [6, 6.07) is 0. The third kappa shape index (κ3) is 3.52. The van der Waals surface area contributed by atoms with Crippen molar-refractivity contribution in [1.82, 2.24) is 9.88 Å². The van der Waals surface area contributed by atoms with Crippen LogP contribution in [-0.4, -0.2) is 47.2 Å². The number of likely N-dealkylation sites (tertiary alicyclic amines) is 1. The number of piperidine rings is 1. The summed E-state index contributed by atoms with van der Waals surface area (Å²) in [6.07, 6.45) is 1.55. The SMILES string of the molecule is COCc1nc(C(=O)N2CCCC(C(C)O)C2)cs1. The minimum absolute atomic E-state index is 0.0380. The van der Waals surface area contributed by atoms with Crippen LogP contribution in [0.5, 0.6) is 0 Å². The lowest BCUT2D eigenvalue weighted by atomic mass is 9.93. The van der Waals surface area contributed by atoms with Gasteiger partial charge in [0, 0.05) is 31.5 Å². The van der Waals surface area contributed by atoms with Crippen LogP contribution in [0, 0.1) is 5.92 Å². The molecule has 19 heavy (non-hydrogen) atoms. The second-order valence-electron chi connectivity index (χ2n) is 4.95. The van der Waals surface area contributed by atoms with Crippen LogP contribution < -0.4 is 0 Å². The lowest BCUT2D eigenvalue weighted by Gasteiger charge is -2.33. The van der Waals surface area contributed by atoms with Crippen LogP contribution in [0.2, 0.25) is 0 Å². The molecule has 1 aliphatic rings. The number of aliphatic hydroxyl groups excluding tert-OH is 1. The molecule has 0 radical (unpaired) electrons. The Labute approximate surface area is 117 Å². The van der Waals surface area contributed by atoms with Gasteiger partial charge in [-0.05, 0) is 19.8 Å². The molecule has 1 amide bonds. The molecule has 0 spiro atoms. The van der Waals surface area contributed by atoms with Crippen LogP contribution in [0.4, 0.5) is 0 Å². The van der Waals surface area contributed by atoms with Gasteiger partial charge in [0.15, 0.2) is 0 Å². The van der Waals surface area contributed by atoms with Crippen molar-refractivity contribution in [3.05, 3.63) is 16.1 Å². The van der Waals surface area contributed by atoms with Crippen molar-refractivity contribution in [2.75, 3.05) is 20.2 Å². The highest BCUT2D eigenvalue weighted by Gasteiger charge is 2.28. The Kier molecular flexibility index (Phi) is 4.90. The molecule has 1 fully saturated rings. The van der Waals surface area contributed by atoms with Gasteiger partial charge in [0.05, 0.1) is 12.7 Å². The van der Waals surface area contributed by atoms with Gasteiger partial charge in [0.1, 0.15) is 10.7 Å². The van der Waals surface area contributed by atoms with Gasteiger partial charge in [-0.3, -0.25) is 4.79 Å². The number of rotatable bonds is 4. The number of hydrogen-bond acceptors (Lipinski definition) is 5. The minimum Gasteiger partial charge on any atom is -0.393 e. The van der Waals surface area contributed by atoms with Crippen LogP contribution >= 0.6 is 11.3 Å². The summed E-state index contributed by atoms with van der Waals surface area (Å²) < 4.78 is 5.00. The quantitative estimate of drug-likeness (QED) is 0.910. The average Bonchev–Trinajstić information content (AvgIpc) is 2.87. The molecule has 0 saturated carbocycles. The molecule has 5 nitrogen and oxygen atoms in total. The van der Waals surface area contributed by atoms with Crippen LogP contribution in [0.1, 0.15) is 35.3 Å². The number of carbonyl (C=O) groups excluding carboxylic acids is 1. The lowest BCUT2D eigenvalue weighted by Crippen LogP contribution is -2.43. The maximum Gasteiger partial charge on any atom is 0.273 e. The van der Waals surface area contributed by atoms with E-state index in [0.29, 0.717) is 18.8 Å². The van der Waals surface area contributed by atoms with Gasteiger partial charge in [0.2, 0.25) is 0 Å². The summed E-state index contributed by atoms with van der Waals surface area (Å²) in [4.78, 5) is 18.4. The number of methoxy groups -OCH3 is 1. The van der Waals surface area contributed by atoms with Crippen molar-refractivity contribution >= 4 is 17.2 Å². The second kappa shape index (κ2) is 6.45. The first-order chi connectivity index (χ1) is 9.11. The van der Waals surface area contributed by atoms with Gasteiger partial charge < -0.3 is 14.7 Å². The molecule has 0 aromatic carbocycles. The fourth-order valence-electron chi connectivity index (χ4n) is 2.35. The van der Waals surface area contributed by atoms with Crippen molar-refractivity contribution in [2.24, 2.45) is 5.92 Å². The topological polar surface area (TPSA) is 62.7 Å². The standard InChI is InChI=1S/C13H20N2O3S/c1-9(16)10-4-3-5-15(6-10)13(17)11-8-19-12(14-11)7-18-2/h8-10,16H,3-7H2,1-2H3. The van der Waals surface area contributed by atoms with Gasteiger partial charge in [0.25, 0.3) is 5.91 Å². The van der Waals surface area contributed by atoms with Gasteiger partial charge in [-0.1, -0.05) is 0 Å². The number of hydrogen-bond donors (Lipinski definition) is 1. The fraction of sp³-hybridized carbons (Fsp3) is 0.692. The van der Waals surface area contributed by atoms with Crippen molar-refractivity contribution in [2.45, 2.75) is 32.5 Å². The van der Waals surface area contributed by atoms with E-state index in [1.165, 1.54) is 11.3 Å². The number of nitrogens with zero attached hydrogens (tertiary/aromatic N) is 2. The zero-order valence-corrected chi connectivity index (χ0v) is 12.2. The van der Waals surface area contributed by atoms with E-state index in [1.807, 2.05) is 0 Å². The monoisotopic (exact) mass is 284 g/mol. The first-order valence-corrected chi connectivity index (χ1v) is 7.40. The Morgan fingerprint density at radius 1 is 1.74 bits per heavy atom. The summed E-state index contributed by atoms with van der Waals surface area (Å²) in [7, 11) is 1.61. The second-order valence-corrected chi connectivity index (χ2v) is 5.90. The van der Waals surface area contributed by atoms with Crippen molar-refractivity contribution < 1.29 is 14.6 Å². The van der Waals surface area contributed by atoms with Crippen molar-refractivity contribution in [3.8, 4) is 0 Å². The largest absolute Gasteiger partial charge is 0.393 e. The molecular formula is C13H20N2O3S. The van der Waals surface area contributed by atoms with Crippen molar-refractivity contribution in [1.29, 1.82) is 0 Å². The summed E-state index contributed by atoms with van der Waals surface area (Å²) >= 11 is 1.44. The van der Waals surface area contributed by atoms with Gasteiger partial charge in [-0.2, -0.15) is 0 Å². The number of carbonyl (C=O) groups is 1. The number of aliphatic hydroxyl groups is 1. The Balaban J connectivity index is 2.01. The Morgan fingerprint density at radius 2 is 2.53 bits per heavy atom.